The highest BCUT2D eigenvalue weighted by Crippen LogP contribution is 2.19. The zero-order valence-electron chi connectivity index (χ0n) is 11.5. The Morgan fingerprint density at radius 1 is 1.26 bits per heavy atom. The van der Waals surface area contributed by atoms with Crippen molar-refractivity contribution in [3.05, 3.63) is 46.8 Å². The Morgan fingerprint density at radius 2 is 2.00 bits per heavy atom. The second kappa shape index (κ2) is 5.26. The number of rotatable bonds is 4. The van der Waals surface area contributed by atoms with Crippen molar-refractivity contribution in [3.8, 4) is 5.69 Å². The van der Waals surface area contributed by atoms with Crippen molar-refractivity contribution in [2.24, 2.45) is 0 Å². The van der Waals surface area contributed by atoms with Crippen molar-refractivity contribution in [2.75, 3.05) is 0 Å². The molecule has 0 radical (unpaired) electrons. The van der Waals surface area contributed by atoms with Crippen molar-refractivity contribution < 1.29 is 9.90 Å². The van der Waals surface area contributed by atoms with E-state index in [0.29, 0.717) is 5.56 Å². The minimum absolute atomic E-state index is 0.308. The summed E-state index contributed by atoms with van der Waals surface area (Å²) in [6.07, 6.45) is 1.79. The lowest BCUT2D eigenvalue weighted by molar-refractivity contribution is 0.0697. The van der Waals surface area contributed by atoms with Crippen LogP contribution in [-0.2, 0) is 12.8 Å². The van der Waals surface area contributed by atoms with Gasteiger partial charge in [-0.25, -0.2) is 9.48 Å². The van der Waals surface area contributed by atoms with E-state index in [1.807, 2.05) is 17.7 Å². The molecule has 0 saturated carbocycles. The number of carboxylic acids is 1. The van der Waals surface area contributed by atoms with E-state index in [4.69, 9.17) is 5.11 Å². The zero-order valence-corrected chi connectivity index (χ0v) is 11.5. The van der Waals surface area contributed by atoms with E-state index in [1.54, 1.807) is 12.1 Å². The summed E-state index contributed by atoms with van der Waals surface area (Å²) in [7, 11) is 0. The lowest BCUT2D eigenvalue weighted by Crippen LogP contribution is -2.05. The molecule has 0 spiro atoms. The molecule has 0 bridgehead atoms. The molecule has 0 aliphatic rings. The van der Waals surface area contributed by atoms with Crippen LogP contribution in [0.4, 0.5) is 0 Å². The molecule has 19 heavy (non-hydrogen) atoms. The quantitative estimate of drug-likeness (QED) is 0.917. The number of aromatic nitrogens is 2. The number of aromatic carboxylic acids is 1. The van der Waals surface area contributed by atoms with Crippen LogP contribution in [0.5, 0.6) is 0 Å². The molecular weight excluding hydrogens is 240 g/mol. The summed E-state index contributed by atoms with van der Waals surface area (Å²) in [5.41, 5.74) is 4.37. The Balaban J connectivity index is 2.52. The molecule has 1 N–H and O–H groups in total. The summed E-state index contributed by atoms with van der Waals surface area (Å²) in [4.78, 5) is 11.0. The van der Waals surface area contributed by atoms with Gasteiger partial charge in [-0.1, -0.05) is 13.8 Å². The minimum atomic E-state index is -0.903. The molecule has 1 aromatic carbocycles. The molecule has 100 valence electrons. The summed E-state index contributed by atoms with van der Waals surface area (Å²) in [5.74, 6) is -0.903. The molecule has 0 amide bonds. The van der Waals surface area contributed by atoms with E-state index in [2.05, 4.69) is 25.0 Å². The predicted molar refractivity (Wildman–Crippen MR) is 74.0 cm³/mol. The maximum Gasteiger partial charge on any atom is 0.335 e. The third kappa shape index (κ3) is 2.52. The molecule has 4 nitrogen and oxygen atoms in total. The molecule has 0 saturated heterocycles. The van der Waals surface area contributed by atoms with Gasteiger partial charge in [0.25, 0.3) is 0 Å². The van der Waals surface area contributed by atoms with Crippen LogP contribution in [0, 0.1) is 6.92 Å². The fraction of sp³-hybridized carbons (Fsp3) is 0.333. The number of nitrogens with zero attached hydrogens (tertiary/aromatic N) is 2. The SMILES string of the molecule is CCc1cc(CC)n(-c2ccc(C(=O)O)cc2C)n1. The first-order valence-corrected chi connectivity index (χ1v) is 6.49. The predicted octanol–water partition coefficient (Wildman–Crippen LogP) is 3.00. The van der Waals surface area contributed by atoms with Gasteiger partial charge < -0.3 is 5.11 Å². The number of carboxylic acid groups (broad SMARTS) is 1. The summed E-state index contributed by atoms with van der Waals surface area (Å²) < 4.78 is 1.92. The number of hydrogen-bond acceptors (Lipinski definition) is 2. The highest BCUT2D eigenvalue weighted by Gasteiger charge is 2.11. The second-order valence-electron chi connectivity index (χ2n) is 4.55. The molecule has 2 aromatic rings. The lowest BCUT2D eigenvalue weighted by Gasteiger charge is -2.10. The van der Waals surface area contributed by atoms with Crippen LogP contribution < -0.4 is 0 Å². The summed E-state index contributed by atoms with van der Waals surface area (Å²) in [6, 6.07) is 7.23. The largest absolute Gasteiger partial charge is 0.478 e. The molecule has 0 aliphatic carbocycles. The monoisotopic (exact) mass is 258 g/mol. The normalized spacial score (nSPS) is 10.7. The van der Waals surface area contributed by atoms with Gasteiger partial charge in [-0.05, 0) is 49.6 Å². The third-order valence-electron chi connectivity index (χ3n) is 3.23. The minimum Gasteiger partial charge on any atom is -0.478 e. The van der Waals surface area contributed by atoms with Crippen LogP contribution in [0.1, 0.15) is 41.2 Å². The van der Waals surface area contributed by atoms with Crippen LogP contribution in [0.25, 0.3) is 5.69 Å². The Labute approximate surface area is 112 Å². The van der Waals surface area contributed by atoms with Crippen LogP contribution in [0.15, 0.2) is 24.3 Å². The first kappa shape index (κ1) is 13.3. The summed E-state index contributed by atoms with van der Waals surface area (Å²) in [6.45, 7) is 6.08. The summed E-state index contributed by atoms with van der Waals surface area (Å²) >= 11 is 0. The van der Waals surface area contributed by atoms with E-state index >= 15 is 0 Å². The number of benzene rings is 1. The van der Waals surface area contributed by atoms with Crippen molar-refractivity contribution in [1.82, 2.24) is 9.78 Å². The molecule has 0 fully saturated rings. The van der Waals surface area contributed by atoms with Gasteiger partial charge >= 0.3 is 5.97 Å². The molecule has 1 heterocycles. The topological polar surface area (TPSA) is 55.1 Å². The first-order valence-electron chi connectivity index (χ1n) is 6.49. The van der Waals surface area contributed by atoms with E-state index in [9.17, 15) is 4.79 Å². The molecule has 4 heteroatoms. The lowest BCUT2D eigenvalue weighted by atomic mass is 10.1. The van der Waals surface area contributed by atoms with E-state index in [1.165, 1.54) is 0 Å². The Hall–Kier alpha value is -2.10. The van der Waals surface area contributed by atoms with Gasteiger partial charge in [-0.15, -0.1) is 0 Å². The Bertz CT molecular complexity index is 615. The average Bonchev–Trinajstić information content (AvgIpc) is 2.81. The zero-order chi connectivity index (χ0) is 14.0. The van der Waals surface area contributed by atoms with Crippen LogP contribution in [0.3, 0.4) is 0 Å². The van der Waals surface area contributed by atoms with Crippen LogP contribution in [0.2, 0.25) is 0 Å². The highest BCUT2D eigenvalue weighted by molar-refractivity contribution is 5.88. The molecule has 2 rings (SSSR count). The number of hydrogen-bond donors (Lipinski definition) is 1. The molecular formula is C15H18N2O2. The van der Waals surface area contributed by atoms with Crippen molar-refractivity contribution in [3.63, 3.8) is 0 Å². The second-order valence-corrected chi connectivity index (χ2v) is 4.55. The van der Waals surface area contributed by atoms with Crippen LogP contribution >= 0.6 is 0 Å². The van der Waals surface area contributed by atoms with Gasteiger partial charge in [0.2, 0.25) is 0 Å². The Kier molecular flexibility index (Phi) is 3.69. The number of aryl methyl sites for hydroxylation is 3. The van der Waals surface area contributed by atoms with Gasteiger partial charge in [0.05, 0.1) is 16.9 Å². The standard InChI is InChI=1S/C15H18N2O2/c1-4-12-9-13(5-2)17(16-12)14-7-6-11(15(18)19)8-10(14)3/h6-9H,4-5H2,1-3H3,(H,18,19). The molecule has 0 atom stereocenters. The average molecular weight is 258 g/mol. The van der Waals surface area contributed by atoms with Crippen molar-refractivity contribution in [2.45, 2.75) is 33.6 Å². The Morgan fingerprint density at radius 3 is 2.53 bits per heavy atom. The van der Waals surface area contributed by atoms with Gasteiger partial charge in [0.1, 0.15) is 0 Å². The number of carbonyl (C=O) groups is 1. The van der Waals surface area contributed by atoms with Crippen molar-refractivity contribution in [1.29, 1.82) is 0 Å². The summed E-state index contributed by atoms with van der Waals surface area (Å²) in [5, 5.41) is 13.6. The van der Waals surface area contributed by atoms with Crippen molar-refractivity contribution >= 4 is 5.97 Å². The van der Waals surface area contributed by atoms with Gasteiger partial charge in [-0.2, -0.15) is 5.10 Å². The van der Waals surface area contributed by atoms with Gasteiger partial charge in [0.15, 0.2) is 0 Å². The highest BCUT2D eigenvalue weighted by atomic mass is 16.4. The maximum atomic E-state index is 11.0. The first-order chi connectivity index (χ1) is 9.06. The van der Waals surface area contributed by atoms with E-state index in [0.717, 1.165) is 35.5 Å². The van der Waals surface area contributed by atoms with E-state index in [-0.39, 0.29) is 0 Å². The molecule has 1 aromatic heterocycles. The van der Waals surface area contributed by atoms with Gasteiger partial charge in [-0.3, -0.25) is 0 Å². The van der Waals surface area contributed by atoms with E-state index < -0.39 is 5.97 Å². The van der Waals surface area contributed by atoms with Gasteiger partial charge in [0, 0.05) is 5.69 Å². The van der Waals surface area contributed by atoms with Crippen LogP contribution in [-0.4, -0.2) is 20.9 Å². The fourth-order valence-electron chi connectivity index (χ4n) is 2.13. The molecule has 0 unspecified atom stereocenters. The third-order valence-corrected chi connectivity index (χ3v) is 3.23. The molecule has 0 aliphatic heterocycles. The fourth-order valence-corrected chi connectivity index (χ4v) is 2.13. The smallest absolute Gasteiger partial charge is 0.335 e. The maximum absolute atomic E-state index is 11.0.